The average Bonchev–Trinajstić information content (AvgIpc) is 2.68. The minimum Gasteiger partial charge on any atom is -0.489 e. The fourth-order valence-corrected chi connectivity index (χ4v) is 2.19. The van der Waals surface area contributed by atoms with E-state index in [1.165, 1.54) is 18.3 Å². The zero-order valence-electron chi connectivity index (χ0n) is 13.8. The van der Waals surface area contributed by atoms with Crippen molar-refractivity contribution in [2.45, 2.75) is 6.61 Å². The second-order valence-corrected chi connectivity index (χ2v) is 5.34. The van der Waals surface area contributed by atoms with Crippen LogP contribution < -0.4 is 10.2 Å². The molecule has 7 heteroatoms. The molecule has 0 aliphatic heterocycles. The van der Waals surface area contributed by atoms with Gasteiger partial charge in [-0.15, -0.1) is 0 Å². The highest BCUT2D eigenvalue weighted by atomic mass is 16.6. The summed E-state index contributed by atoms with van der Waals surface area (Å²) in [6.07, 6.45) is 3.02. The molecule has 0 atom stereocenters. The van der Waals surface area contributed by atoms with Crippen LogP contribution in [-0.4, -0.2) is 16.1 Å². The zero-order valence-corrected chi connectivity index (χ0v) is 13.8. The smallest absolute Gasteiger partial charge is 0.313 e. The average molecular weight is 348 g/mol. The summed E-state index contributed by atoms with van der Waals surface area (Å²) in [5.74, 6) is 0.843. The van der Waals surface area contributed by atoms with Gasteiger partial charge >= 0.3 is 5.69 Å². The Hall–Kier alpha value is -3.74. The Bertz CT molecular complexity index is 896. The fraction of sp³-hybridized carbons (Fsp3) is 0.0526. The molecule has 0 fully saturated rings. The predicted octanol–water partition coefficient (Wildman–Crippen LogP) is 4.01. The Morgan fingerprint density at radius 2 is 1.85 bits per heavy atom. The number of hydrogen-bond acceptors (Lipinski definition) is 6. The highest BCUT2D eigenvalue weighted by Gasteiger charge is 2.12. The number of anilines is 1. The highest BCUT2D eigenvalue weighted by Crippen LogP contribution is 2.20. The number of rotatable bonds is 7. The third-order valence-corrected chi connectivity index (χ3v) is 3.50. The summed E-state index contributed by atoms with van der Waals surface area (Å²) >= 11 is 0. The SMILES string of the molecule is O=[N+]([O-])c1cccnc1N/N=C\c1ccc(OCc2ccccc2)cc1. The maximum Gasteiger partial charge on any atom is 0.313 e. The van der Waals surface area contributed by atoms with Crippen molar-refractivity contribution < 1.29 is 9.66 Å². The van der Waals surface area contributed by atoms with Crippen LogP contribution in [0, 0.1) is 10.1 Å². The van der Waals surface area contributed by atoms with Gasteiger partial charge in [0.1, 0.15) is 12.4 Å². The summed E-state index contributed by atoms with van der Waals surface area (Å²) in [7, 11) is 0. The molecule has 2 aromatic carbocycles. The molecule has 0 aliphatic carbocycles. The van der Waals surface area contributed by atoms with Gasteiger partial charge < -0.3 is 4.74 Å². The summed E-state index contributed by atoms with van der Waals surface area (Å²) in [6, 6.07) is 20.1. The van der Waals surface area contributed by atoms with Crippen molar-refractivity contribution in [2.24, 2.45) is 5.10 Å². The molecule has 0 bridgehead atoms. The van der Waals surface area contributed by atoms with E-state index in [1.54, 1.807) is 6.21 Å². The number of ether oxygens (including phenoxy) is 1. The van der Waals surface area contributed by atoms with Crippen LogP contribution in [0.4, 0.5) is 11.5 Å². The second-order valence-electron chi connectivity index (χ2n) is 5.34. The first-order chi connectivity index (χ1) is 12.7. The van der Waals surface area contributed by atoms with Gasteiger partial charge in [-0.2, -0.15) is 5.10 Å². The number of nitrogens with one attached hydrogen (secondary N) is 1. The van der Waals surface area contributed by atoms with E-state index in [0.717, 1.165) is 16.9 Å². The van der Waals surface area contributed by atoms with Crippen LogP contribution >= 0.6 is 0 Å². The number of hydrazone groups is 1. The van der Waals surface area contributed by atoms with E-state index in [9.17, 15) is 10.1 Å². The van der Waals surface area contributed by atoms with E-state index in [2.05, 4.69) is 15.5 Å². The lowest BCUT2D eigenvalue weighted by Crippen LogP contribution is -1.99. The number of hydrogen-bond donors (Lipinski definition) is 1. The number of nitro groups is 1. The van der Waals surface area contributed by atoms with Gasteiger partial charge in [0.25, 0.3) is 0 Å². The first-order valence-electron chi connectivity index (χ1n) is 7.87. The first-order valence-corrected chi connectivity index (χ1v) is 7.87. The van der Waals surface area contributed by atoms with Gasteiger partial charge in [0.2, 0.25) is 5.82 Å². The van der Waals surface area contributed by atoms with Gasteiger partial charge in [0.05, 0.1) is 11.1 Å². The standard InChI is InChI=1S/C19H16N4O3/c24-23(25)18-7-4-12-20-19(18)22-21-13-15-8-10-17(11-9-15)26-14-16-5-2-1-3-6-16/h1-13H,14H2,(H,20,22)/b21-13-. The second kappa shape index (κ2) is 8.39. The van der Waals surface area contributed by atoms with E-state index in [4.69, 9.17) is 4.74 Å². The molecule has 26 heavy (non-hydrogen) atoms. The van der Waals surface area contributed by atoms with Crippen molar-refractivity contribution in [2.75, 3.05) is 5.43 Å². The van der Waals surface area contributed by atoms with Gasteiger partial charge in [0.15, 0.2) is 0 Å². The van der Waals surface area contributed by atoms with Crippen LogP contribution in [0.3, 0.4) is 0 Å². The molecule has 1 N–H and O–H groups in total. The van der Waals surface area contributed by atoms with Crippen molar-refractivity contribution in [3.8, 4) is 5.75 Å². The molecule has 7 nitrogen and oxygen atoms in total. The Morgan fingerprint density at radius 3 is 2.58 bits per heavy atom. The highest BCUT2D eigenvalue weighted by molar-refractivity contribution is 5.80. The Labute approximate surface area is 150 Å². The maximum atomic E-state index is 10.9. The minimum atomic E-state index is -0.510. The van der Waals surface area contributed by atoms with E-state index >= 15 is 0 Å². The Morgan fingerprint density at radius 1 is 1.08 bits per heavy atom. The lowest BCUT2D eigenvalue weighted by atomic mass is 10.2. The quantitative estimate of drug-likeness (QED) is 0.396. The Kier molecular flexibility index (Phi) is 5.51. The molecule has 0 spiro atoms. The van der Waals surface area contributed by atoms with Crippen molar-refractivity contribution in [1.82, 2.24) is 4.98 Å². The lowest BCUT2D eigenvalue weighted by Gasteiger charge is -2.06. The van der Waals surface area contributed by atoms with Gasteiger partial charge in [0, 0.05) is 12.3 Å². The van der Waals surface area contributed by atoms with E-state index in [-0.39, 0.29) is 11.5 Å². The molecule has 0 saturated carbocycles. The normalized spacial score (nSPS) is 10.6. The summed E-state index contributed by atoms with van der Waals surface area (Å²) < 4.78 is 5.72. The van der Waals surface area contributed by atoms with Gasteiger partial charge in [-0.25, -0.2) is 4.98 Å². The van der Waals surface area contributed by atoms with Crippen LogP contribution in [0.1, 0.15) is 11.1 Å². The van der Waals surface area contributed by atoms with Gasteiger partial charge in [-0.3, -0.25) is 15.5 Å². The topological polar surface area (TPSA) is 89.7 Å². The number of aromatic nitrogens is 1. The van der Waals surface area contributed by atoms with Crippen LogP contribution in [0.25, 0.3) is 0 Å². The molecule has 0 aliphatic rings. The molecule has 3 rings (SSSR count). The third kappa shape index (κ3) is 4.64. The van der Waals surface area contributed by atoms with Crippen molar-refractivity contribution in [1.29, 1.82) is 0 Å². The molecule has 1 heterocycles. The molecule has 1 aromatic heterocycles. The molecular weight excluding hydrogens is 332 g/mol. The summed E-state index contributed by atoms with van der Waals surface area (Å²) in [6.45, 7) is 0.499. The van der Waals surface area contributed by atoms with Crippen molar-refractivity contribution in [3.63, 3.8) is 0 Å². The monoisotopic (exact) mass is 348 g/mol. The van der Waals surface area contributed by atoms with Crippen LogP contribution in [-0.2, 0) is 6.61 Å². The van der Waals surface area contributed by atoms with E-state index in [1.807, 2.05) is 54.6 Å². The molecule has 0 saturated heterocycles. The zero-order chi connectivity index (χ0) is 18.2. The fourth-order valence-electron chi connectivity index (χ4n) is 2.19. The number of benzene rings is 2. The summed E-state index contributed by atoms with van der Waals surface area (Å²) in [5.41, 5.74) is 4.38. The van der Waals surface area contributed by atoms with Crippen molar-refractivity contribution in [3.05, 3.63) is 94.2 Å². The van der Waals surface area contributed by atoms with Crippen molar-refractivity contribution >= 4 is 17.7 Å². The molecule has 0 unspecified atom stereocenters. The summed E-state index contributed by atoms with van der Waals surface area (Å²) in [5, 5.41) is 14.9. The minimum absolute atomic E-state index is 0.0940. The number of nitrogens with zero attached hydrogens (tertiary/aromatic N) is 3. The van der Waals surface area contributed by atoms with Gasteiger partial charge in [-0.1, -0.05) is 30.3 Å². The maximum absolute atomic E-state index is 10.9. The summed E-state index contributed by atoms with van der Waals surface area (Å²) in [4.78, 5) is 14.3. The van der Waals surface area contributed by atoms with Crippen LogP contribution in [0.2, 0.25) is 0 Å². The van der Waals surface area contributed by atoms with E-state index in [0.29, 0.717) is 6.61 Å². The lowest BCUT2D eigenvalue weighted by molar-refractivity contribution is -0.384. The predicted molar refractivity (Wildman–Crippen MR) is 99.3 cm³/mol. The number of pyridine rings is 1. The van der Waals surface area contributed by atoms with Crippen LogP contribution in [0.5, 0.6) is 5.75 Å². The molecule has 0 radical (unpaired) electrons. The Balaban J connectivity index is 1.57. The molecule has 0 amide bonds. The molecule has 3 aromatic rings. The van der Waals surface area contributed by atoms with Gasteiger partial charge in [-0.05, 0) is 41.5 Å². The van der Waals surface area contributed by atoms with Crippen LogP contribution in [0.15, 0.2) is 78.0 Å². The first kappa shape index (κ1) is 17.1. The third-order valence-electron chi connectivity index (χ3n) is 3.50. The largest absolute Gasteiger partial charge is 0.489 e. The molecular formula is C19H16N4O3. The van der Waals surface area contributed by atoms with E-state index < -0.39 is 4.92 Å². The molecule has 130 valence electrons.